The summed E-state index contributed by atoms with van der Waals surface area (Å²) >= 11 is 0. The molecule has 0 saturated heterocycles. The monoisotopic (exact) mass is 214 g/mol. The summed E-state index contributed by atoms with van der Waals surface area (Å²) in [5.74, 6) is 0.806. The first kappa shape index (κ1) is 14.4. The lowest BCUT2D eigenvalue weighted by Crippen LogP contribution is -2.33. The third-order valence-electron chi connectivity index (χ3n) is 2.30. The molecule has 0 saturated carbocycles. The van der Waals surface area contributed by atoms with Gasteiger partial charge in [0.2, 0.25) is 5.91 Å². The first-order valence-corrected chi connectivity index (χ1v) is 5.78. The molecule has 0 bridgehead atoms. The van der Waals surface area contributed by atoms with Gasteiger partial charge in [-0.15, -0.1) is 0 Å². The van der Waals surface area contributed by atoms with Crippen molar-refractivity contribution in [2.75, 3.05) is 20.1 Å². The molecule has 0 atom stereocenters. The first-order chi connectivity index (χ1) is 6.87. The summed E-state index contributed by atoms with van der Waals surface area (Å²) in [7, 11) is 1.88. The summed E-state index contributed by atoms with van der Waals surface area (Å²) in [6.07, 6.45) is 1.71. The smallest absolute Gasteiger partial charge is 0.220 e. The standard InChI is InChI=1S/C12H26N2O/c1-10(2)8-12(3,4)9-11(15)14-7-6-13-5/h10,13H,6-9H2,1-5H3,(H,14,15). The summed E-state index contributed by atoms with van der Waals surface area (Å²) in [5, 5.41) is 5.91. The van der Waals surface area contributed by atoms with Crippen molar-refractivity contribution in [1.82, 2.24) is 10.6 Å². The molecule has 0 aromatic rings. The predicted molar refractivity (Wildman–Crippen MR) is 64.8 cm³/mol. The minimum Gasteiger partial charge on any atom is -0.355 e. The van der Waals surface area contributed by atoms with Gasteiger partial charge in [0.1, 0.15) is 0 Å². The normalized spacial score (nSPS) is 11.9. The Morgan fingerprint density at radius 3 is 2.33 bits per heavy atom. The summed E-state index contributed by atoms with van der Waals surface area (Å²) < 4.78 is 0. The van der Waals surface area contributed by atoms with Crippen molar-refractivity contribution < 1.29 is 4.79 Å². The van der Waals surface area contributed by atoms with Gasteiger partial charge >= 0.3 is 0 Å². The second-order valence-corrected chi connectivity index (χ2v) is 5.39. The maximum atomic E-state index is 11.6. The Hall–Kier alpha value is -0.570. The van der Waals surface area contributed by atoms with Gasteiger partial charge in [-0.05, 0) is 24.8 Å². The van der Waals surface area contributed by atoms with Crippen LogP contribution in [0.25, 0.3) is 0 Å². The topological polar surface area (TPSA) is 41.1 Å². The van der Waals surface area contributed by atoms with Gasteiger partial charge in [-0.1, -0.05) is 27.7 Å². The fraction of sp³-hybridized carbons (Fsp3) is 0.917. The van der Waals surface area contributed by atoms with Crippen LogP contribution in [0.4, 0.5) is 0 Å². The van der Waals surface area contributed by atoms with E-state index in [1.54, 1.807) is 0 Å². The van der Waals surface area contributed by atoms with Crippen LogP contribution in [0.5, 0.6) is 0 Å². The molecule has 3 nitrogen and oxygen atoms in total. The average Bonchev–Trinajstić information content (AvgIpc) is 2.00. The van der Waals surface area contributed by atoms with Crippen LogP contribution in [0.2, 0.25) is 0 Å². The molecule has 90 valence electrons. The highest BCUT2D eigenvalue weighted by Gasteiger charge is 2.22. The van der Waals surface area contributed by atoms with Crippen molar-refractivity contribution in [3.8, 4) is 0 Å². The Labute approximate surface area is 94.0 Å². The van der Waals surface area contributed by atoms with E-state index in [-0.39, 0.29) is 11.3 Å². The first-order valence-electron chi connectivity index (χ1n) is 5.78. The highest BCUT2D eigenvalue weighted by Crippen LogP contribution is 2.28. The minimum atomic E-state index is 0.109. The van der Waals surface area contributed by atoms with E-state index in [0.29, 0.717) is 18.9 Å². The number of amides is 1. The van der Waals surface area contributed by atoms with Gasteiger partial charge in [0.15, 0.2) is 0 Å². The van der Waals surface area contributed by atoms with Gasteiger partial charge in [0, 0.05) is 19.5 Å². The van der Waals surface area contributed by atoms with E-state index >= 15 is 0 Å². The largest absolute Gasteiger partial charge is 0.355 e. The third-order valence-corrected chi connectivity index (χ3v) is 2.30. The van der Waals surface area contributed by atoms with E-state index in [9.17, 15) is 4.79 Å². The predicted octanol–water partition coefficient (Wildman–Crippen LogP) is 1.78. The second kappa shape index (κ2) is 6.83. The lowest BCUT2D eigenvalue weighted by molar-refractivity contribution is -0.123. The van der Waals surface area contributed by atoms with Crippen LogP contribution in [0.15, 0.2) is 0 Å². The van der Waals surface area contributed by atoms with Gasteiger partial charge in [-0.25, -0.2) is 0 Å². The van der Waals surface area contributed by atoms with E-state index < -0.39 is 0 Å². The third kappa shape index (κ3) is 8.43. The van der Waals surface area contributed by atoms with Crippen LogP contribution >= 0.6 is 0 Å². The molecule has 0 rings (SSSR count). The molecule has 1 amide bonds. The molecular formula is C12H26N2O. The number of hydrogen-bond acceptors (Lipinski definition) is 2. The molecule has 0 spiro atoms. The van der Waals surface area contributed by atoms with Gasteiger partial charge in [0.05, 0.1) is 0 Å². The second-order valence-electron chi connectivity index (χ2n) is 5.39. The molecule has 0 aliphatic heterocycles. The van der Waals surface area contributed by atoms with Crippen molar-refractivity contribution in [3.05, 3.63) is 0 Å². The zero-order valence-corrected chi connectivity index (χ0v) is 10.8. The zero-order valence-electron chi connectivity index (χ0n) is 10.8. The van der Waals surface area contributed by atoms with E-state index in [1.807, 2.05) is 7.05 Å². The van der Waals surface area contributed by atoms with Gasteiger partial charge in [-0.2, -0.15) is 0 Å². The molecule has 0 aliphatic carbocycles. The van der Waals surface area contributed by atoms with Crippen LogP contribution in [0.1, 0.15) is 40.5 Å². The number of rotatable bonds is 7. The van der Waals surface area contributed by atoms with Crippen LogP contribution in [-0.4, -0.2) is 26.0 Å². The molecular weight excluding hydrogens is 188 g/mol. The van der Waals surface area contributed by atoms with Crippen molar-refractivity contribution in [1.29, 1.82) is 0 Å². The Morgan fingerprint density at radius 1 is 1.27 bits per heavy atom. The number of nitrogens with one attached hydrogen (secondary N) is 2. The van der Waals surface area contributed by atoms with Crippen molar-refractivity contribution in [2.24, 2.45) is 11.3 Å². The number of likely N-dealkylation sites (N-methyl/N-ethyl adjacent to an activating group) is 1. The molecule has 0 aliphatic rings. The highest BCUT2D eigenvalue weighted by atomic mass is 16.1. The molecule has 3 heteroatoms. The maximum absolute atomic E-state index is 11.6. The quantitative estimate of drug-likeness (QED) is 0.634. The molecule has 2 N–H and O–H groups in total. The molecule has 0 heterocycles. The molecule has 15 heavy (non-hydrogen) atoms. The Morgan fingerprint density at radius 2 is 1.87 bits per heavy atom. The number of carbonyl (C=O) groups is 1. The van der Waals surface area contributed by atoms with Crippen LogP contribution < -0.4 is 10.6 Å². The molecule has 0 aromatic carbocycles. The van der Waals surface area contributed by atoms with Crippen molar-refractivity contribution >= 4 is 5.91 Å². The van der Waals surface area contributed by atoms with Gasteiger partial charge in [-0.3, -0.25) is 4.79 Å². The molecule has 0 radical (unpaired) electrons. The summed E-state index contributed by atoms with van der Waals surface area (Å²) in [6, 6.07) is 0. The molecule has 0 fully saturated rings. The minimum absolute atomic E-state index is 0.109. The average molecular weight is 214 g/mol. The summed E-state index contributed by atoms with van der Waals surface area (Å²) in [4.78, 5) is 11.6. The Kier molecular flexibility index (Phi) is 6.57. The summed E-state index contributed by atoms with van der Waals surface area (Å²) in [5.41, 5.74) is 0.109. The number of carbonyl (C=O) groups excluding carboxylic acids is 1. The fourth-order valence-electron chi connectivity index (χ4n) is 2.00. The molecule has 0 unspecified atom stereocenters. The highest BCUT2D eigenvalue weighted by molar-refractivity contribution is 5.76. The van der Waals surface area contributed by atoms with E-state index in [4.69, 9.17) is 0 Å². The van der Waals surface area contributed by atoms with Gasteiger partial charge < -0.3 is 10.6 Å². The summed E-state index contributed by atoms with van der Waals surface area (Å²) in [6.45, 7) is 10.3. The SMILES string of the molecule is CNCCNC(=O)CC(C)(C)CC(C)C. The maximum Gasteiger partial charge on any atom is 0.220 e. The Balaban J connectivity index is 3.83. The zero-order chi connectivity index (χ0) is 11.9. The molecule has 0 aromatic heterocycles. The van der Waals surface area contributed by atoms with Crippen LogP contribution in [0, 0.1) is 11.3 Å². The fourth-order valence-corrected chi connectivity index (χ4v) is 2.00. The van der Waals surface area contributed by atoms with E-state index in [2.05, 4.69) is 38.3 Å². The van der Waals surface area contributed by atoms with Crippen LogP contribution in [-0.2, 0) is 4.79 Å². The lowest BCUT2D eigenvalue weighted by Gasteiger charge is -2.25. The number of hydrogen-bond donors (Lipinski definition) is 2. The van der Waals surface area contributed by atoms with Crippen molar-refractivity contribution in [3.63, 3.8) is 0 Å². The van der Waals surface area contributed by atoms with E-state index in [0.717, 1.165) is 13.0 Å². The van der Waals surface area contributed by atoms with E-state index in [1.165, 1.54) is 0 Å². The van der Waals surface area contributed by atoms with Crippen LogP contribution in [0.3, 0.4) is 0 Å². The van der Waals surface area contributed by atoms with Crippen molar-refractivity contribution in [2.45, 2.75) is 40.5 Å². The van der Waals surface area contributed by atoms with Gasteiger partial charge in [0.25, 0.3) is 0 Å². The Bertz CT molecular complexity index is 188. The lowest BCUT2D eigenvalue weighted by atomic mass is 9.81.